The molecule has 0 fully saturated rings. The minimum atomic E-state index is -0.902. The third-order valence-corrected chi connectivity index (χ3v) is 2.15. The minimum absolute atomic E-state index is 0.184. The summed E-state index contributed by atoms with van der Waals surface area (Å²) < 4.78 is 26.5. The normalized spacial score (nSPS) is 10.4. The number of halogens is 2. The van der Waals surface area contributed by atoms with Crippen LogP contribution in [0.1, 0.15) is 16.1 Å². The molecule has 0 radical (unpaired) electrons. The monoisotopic (exact) mass is 222 g/mol. The van der Waals surface area contributed by atoms with Gasteiger partial charge in [-0.25, -0.2) is 8.78 Å². The van der Waals surface area contributed by atoms with E-state index in [-0.39, 0.29) is 16.9 Å². The second kappa shape index (κ2) is 3.77. The van der Waals surface area contributed by atoms with Crippen LogP contribution in [0, 0.1) is 11.6 Å². The van der Waals surface area contributed by atoms with Gasteiger partial charge in [0.1, 0.15) is 5.82 Å². The van der Waals surface area contributed by atoms with Gasteiger partial charge < -0.3 is 10.7 Å². The summed E-state index contributed by atoms with van der Waals surface area (Å²) in [4.78, 5) is 14.4. The molecule has 0 spiro atoms. The van der Waals surface area contributed by atoms with Crippen LogP contribution >= 0.6 is 0 Å². The van der Waals surface area contributed by atoms with Crippen LogP contribution in [0.2, 0.25) is 0 Å². The van der Waals surface area contributed by atoms with E-state index in [0.717, 1.165) is 12.1 Å². The Bertz CT molecular complexity index is 535. The average Bonchev–Trinajstić information content (AvgIpc) is 2.75. The molecule has 0 saturated carbocycles. The fraction of sp³-hybridized carbons (Fsp3) is 0. The molecule has 3 nitrogen and oxygen atoms in total. The SMILES string of the molecule is Nc1cc(F)cc(C(=O)c2ccc[nH]2)c1F. The first-order valence-electron chi connectivity index (χ1n) is 4.52. The summed E-state index contributed by atoms with van der Waals surface area (Å²) in [7, 11) is 0. The molecule has 16 heavy (non-hydrogen) atoms. The molecule has 2 rings (SSSR count). The predicted octanol–water partition coefficient (Wildman–Crippen LogP) is 2.11. The van der Waals surface area contributed by atoms with E-state index in [2.05, 4.69) is 4.98 Å². The van der Waals surface area contributed by atoms with Crippen LogP contribution in [0.4, 0.5) is 14.5 Å². The highest BCUT2D eigenvalue weighted by molar-refractivity contribution is 6.08. The summed E-state index contributed by atoms with van der Waals surface area (Å²) in [6.45, 7) is 0. The number of nitrogen functional groups attached to an aromatic ring is 1. The number of aromatic amines is 1. The molecule has 0 bridgehead atoms. The zero-order chi connectivity index (χ0) is 11.7. The number of nitrogens with two attached hydrogens (primary N) is 1. The molecular formula is C11H8F2N2O. The third kappa shape index (κ3) is 1.67. The van der Waals surface area contributed by atoms with Crippen molar-refractivity contribution in [2.75, 3.05) is 5.73 Å². The van der Waals surface area contributed by atoms with Gasteiger partial charge in [0.2, 0.25) is 5.78 Å². The van der Waals surface area contributed by atoms with Gasteiger partial charge in [0.15, 0.2) is 5.82 Å². The lowest BCUT2D eigenvalue weighted by Gasteiger charge is -2.04. The molecule has 0 unspecified atom stereocenters. The van der Waals surface area contributed by atoms with Gasteiger partial charge in [0, 0.05) is 6.20 Å². The van der Waals surface area contributed by atoms with Crippen molar-refractivity contribution in [3.63, 3.8) is 0 Å². The molecular weight excluding hydrogens is 214 g/mol. The lowest BCUT2D eigenvalue weighted by atomic mass is 10.1. The van der Waals surface area contributed by atoms with Crippen molar-refractivity contribution < 1.29 is 13.6 Å². The van der Waals surface area contributed by atoms with E-state index in [1.54, 1.807) is 6.07 Å². The molecule has 0 aliphatic heterocycles. The van der Waals surface area contributed by atoms with Crippen molar-refractivity contribution in [1.82, 2.24) is 4.98 Å². The van der Waals surface area contributed by atoms with E-state index >= 15 is 0 Å². The van der Waals surface area contributed by atoms with Gasteiger partial charge in [-0.15, -0.1) is 0 Å². The Morgan fingerprint density at radius 3 is 2.69 bits per heavy atom. The van der Waals surface area contributed by atoms with Crippen molar-refractivity contribution in [3.8, 4) is 0 Å². The van der Waals surface area contributed by atoms with Gasteiger partial charge in [-0.05, 0) is 24.3 Å². The van der Waals surface area contributed by atoms with Gasteiger partial charge in [-0.3, -0.25) is 4.79 Å². The first-order valence-corrected chi connectivity index (χ1v) is 4.52. The van der Waals surface area contributed by atoms with Crippen molar-refractivity contribution in [2.45, 2.75) is 0 Å². The van der Waals surface area contributed by atoms with Crippen LogP contribution in [0.5, 0.6) is 0 Å². The first-order chi connectivity index (χ1) is 7.59. The maximum absolute atomic E-state index is 13.5. The fourth-order valence-corrected chi connectivity index (χ4v) is 1.39. The number of benzene rings is 1. The van der Waals surface area contributed by atoms with E-state index in [1.165, 1.54) is 12.3 Å². The van der Waals surface area contributed by atoms with Gasteiger partial charge in [-0.1, -0.05) is 0 Å². The first kappa shape index (κ1) is 10.4. The van der Waals surface area contributed by atoms with Gasteiger partial charge in [0.05, 0.1) is 16.9 Å². The number of nitrogens with one attached hydrogen (secondary N) is 1. The highest BCUT2D eigenvalue weighted by Crippen LogP contribution is 2.19. The van der Waals surface area contributed by atoms with Crippen molar-refractivity contribution in [2.24, 2.45) is 0 Å². The van der Waals surface area contributed by atoms with Crippen LogP contribution in [0.3, 0.4) is 0 Å². The number of anilines is 1. The summed E-state index contributed by atoms with van der Waals surface area (Å²) in [5, 5.41) is 0. The lowest BCUT2D eigenvalue weighted by molar-refractivity contribution is 0.103. The Hall–Kier alpha value is -2.17. The van der Waals surface area contributed by atoms with Gasteiger partial charge in [-0.2, -0.15) is 0 Å². The van der Waals surface area contributed by atoms with Gasteiger partial charge in [0.25, 0.3) is 0 Å². The predicted molar refractivity (Wildman–Crippen MR) is 55.0 cm³/mol. The molecule has 1 aromatic carbocycles. The number of H-pyrrole nitrogens is 1. The number of rotatable bonds is 2. The van der Waals surface area contributed by atoms with Crippen LogP contribution in [0.15, 0.2) is 30.5 Å². The van der Waals surface area contributed by atoms with E-state index in [1.807, 2.05) is 0 Å². The van der Waals surface area contributed by atoms with E-state index in [4.69, 9.17) is 5.73 Å². The summed E-state index contributed by atoms with van der Waals surface area (Å²) in [6.07, 6.45) is 1.52. The van der Waals surface area contributed by atoms with Crippen molar-refractivity contribution in [3.05, 3.63) is 53.4 Å². The second-order valence-corrected chi connectivity index (χ2v) is 3.27. The zero-order valence-electron chi connectivity index (χ0n) is 8.13. The standard InChI is InChI=1S/C11H8F2N2O/c12-6-4-7(10(13)8(14)5-6)11(16)9-2-1-3-15-9/h1-5,15H,14H2. The van der Waals surface area contributed by atoms with Crippen LogP contribution in [-0.2, 0) is 0 Å². The summed E-state index contributed by atoms with van der Waals surface area (Å²) in [5.74, 6) is -2.27. The molecule has 0 aliphatic carbocycles. The number of ketones is 1. The lowest BCUT2D eigenvalue weighted by Crippen LogP contribution is -2.07. The molecule has 1 heterocycles. The number of hydrogen-bond donors (Lipinski definition) is 2. The summed E-state index contributed by atoms with van der Waals surface area (Å²) >= 11 is 0. The number of carbonyl (C=O) groups is 1. The highest BCUT2D eigenvalue weighted by Gasteiger charge is 2.17. The Morgan fingerprint density at radius 1 is 1.31 bits per heavy atom. The quantitative estimate of drug-likeness (QED) is 0.603. The third-order valence-electron chi connectivity index (χ3n) is 2.15. The number of carbonyl (C=O) groups excluding carboxylic acids is 1. The largest absolute Gasteiger partial charge is 0.396 e. The Balaban J connectivity index is 2.52. The van der Waals surface area contributed by atoms with Crippen LogP contribution < -0.4 is 5.73 Å². The van der Waals surface area contributed by atoms with E-state index in [0.29, 0.717) is 0 Å². The Kier molecular flexibility index (Phi) is 2.44. The van der Waals surface area contributed by atoms with Crippen LogP contribution in [-0.4, -0.2) is 10.8 Å². The number of aromatic nitrogens is 1. The van der Waals surface area contributed by atoms with Gasteiger partial charge >= 0.3 is 0 Å². The summed E-state index contributed by atoms with van der Waals surface area (Å²) in [6, 6.07) is 4.73. The molecule has 5 heteroatoms. The number of hydrogen-bond acceptors (Lipinski definition) is 2. The molecule has 0 amide bonds. The molecule has 1 aromatic heterocycles. The molecule has 0 atom stereocenters. The maximum atomic E-state index is 13.5. The minimum Gasteiger partial charge on any atom is -0.396 e. The second-order valence-electron chi connectivity index (χ2n) is 3.27. The van der Waals surface area contributed by atoms with Crippen molar-refractivity contribution >= 4 is 11.5 Å². The zero-order valence-corrected chi connectivity index (χ0v) is 8.13. The molecule has 3 N–H and O–H groups in total. The van der Waals surface area contributed by atoms with E-state index < -0.39 is 17.4 Å². The Morgan fingerprint density at radius 2 is 2.06 bits per heavy atom. The average molecular weight is 222 g/mol. The fourth-order valence-electron chi connectivity index (χ4n) is 1.39. The molecule has 0 saturated heterocycles. The maximum Gasteiger partial charge on any atom is 0.212 e. The topological polar surface area (TPSA) is 58.9 Å². The molecule has 0 aliphatic rings. The van der Waals surface area contributed by atoms with Crippen LogP contribution in [0.25, 0.3) is 0 Å². The molecule has 82 valence electrons. The summed E-state index contributed by atoms with van der Waals surface area (Å²) in [5.41, 5.74) is 4.66. The van der Waals surface area contributed by atoms with E-state index in [9.17, 15) is 13.6 Å². The molecule has 2 aromatic rings. The Labute approximate surface area is 89.9 Å². The smallest absolute Gasteiger partial charge is 0.212 e. The highest BCUT2D eigenvalue weighted by atomic mass is 19.1. The van der Waals surface area contributed by atoms with Crippen molar-refractivity contribution in [1.29, 1.82) is 0 Å².